The third kappa shape index (κ3) is 4.76. The molecule has 3 aromatic heterocycles. The molecule has 2 aliphatic heterocycles. The van der Waals surface area contributed by atoms with Crippen molar-refractivity contribution in [3.63, 3.8) is 0 Å². The first-order valence-electron chi connectivity index (χ1n) is 13.0. The summed E-state index contributed by atoms with van der Waals surface area (Å²) in [6, 6.07) is 7.67. The van der Waals surface area contributed by atoms with Crippen molar-refractivity contribution in [3.8, 4) is 17.3 Å². The Morgan fingerprint density at radius 3 is 2.55 bits per heavy atom. The summed E-state index contributed by atoms with van der Waals surface area (Å²) in [5.41, 5.74) is 3.58. The minimum Gasteiger partial charge on any atom is -0.489 e. The Morgan fingerprint density at radius 2 is 1.87 bits per heavy atom. The fraction of sp³-hybridized carbons (Fsp3) is 0.464. The van der Waals surface area contributed by atoms with Crippen molar-refractivity contribution in [2.24, 2.45) is 13.0 Å². The topological polar surface area (TPSA) is 105 Å². The first-order valence-corrected chi connectivity index (χ1v) is 13.0. The van der Waals surface area contributed by atoms with Gasteiger partial charge in [-0.1, -0.05) is 19.9 Å². The van der Waals surface area contributed by atoms with Crippen LogP contribution in [-0.4, -0.2) is 49.0 Å². The van der Waals surface area contributed by atoms with Crippen LogP contribution in [0, 0.1) is 5.92 Å². The van der Waals surface area contributed by atoms with Crippen LogP contribution < -0.4 is 15.0 Å². The Hall–Kier alpha value is -3.79. The molecule has 2 aliphatic rings. The molecule has 5 rings (SSSR count). The number of urea groups is 1. The molecule has 10 heteroatoms. The van der Waals surface area contributed by atoms with E-state index >= 15 is 0 Å². The maximum atomic E-state index is 12.3. The summed E-state index contributed by atoms with van der Waals surface area (Å²) in [5, 5.41) is 2.36. The third-order valence-corrected chi connectivity index (χ3v) is 7.64. The quantitative estimate of drug-likeness (QED) is 0.505. The molecule has 200 valence electrons. The molecule has 38 heavy (non-hydrogen) atoms. The average Bonchev–Trinajstić information content (AvgIpc) is 3.36. The number of anilines is 1. The van der Waals surface area contributed by atoms with Gasteiger partial charge in [0.1, 0.15) is 17.3 Å². The van der Waals surface area contributed by atoms with Gasteiger partial charge >= 0.3 is 6.03 Å². The molecular weight excluding hydrogens is 482 g/mol. The molecule has 0 radical (unpaired) electrons. The lowest BCUT2D eigenvalue weighted by Crippen LogP contribution is -2.50. The van der Waals surface area contributed by atoms with Gasteiger partial charge in [0.2, 0.25) is 5.91 Å². The van der Waals surface area contributed by atoms with Crippen molar-refractivity contribution in [1.82, 2.24) is 29.7 Å². The van der Waals surface area contributed by atoms with Gasteiger partial charge in [0.05, 0.1) is 35.4 Å². The molecule has 1 atom stereocenters. The number of aromatic nitrogens is 4. The number of fused-ring (bicyclic) bond motifs is 1. The summed E-state index contributed by atoms with van der Waals surface area (Å²) in [6.07, 6.45) is 3.84. The highest BCUT2D eigenvalue weighted by atomic mass is 16.5. The van der Waals surface area contributed by atoms with E-state index in [1.165, 1.54) is 10.5 Å². The van der Waals surface area contributed by atoms with Crippen molar-refractivity contribution in [2.45, 2.75) is 65.8 Å². The van der Waals surface area contributed by atoms with Crippen molar-refractivity contribution in [3.05, 3.63) is 53.6 Å². The molecule has 0 bridgehead atoms. The Morgan fingerprint density at radius 1 is 1.08 bits per heavy atom. The maximum absolute atomic E-state index is 12.3. The second-order valence-electron chi connectivity index (χ2n) is 10.9. The lowest BCUT2D eigenvalue weighted by Gasteiger charge is -2.31. The lowest BCUT2D eigenvalue weighted by molar-refractivity contribution is -0.120. The summed E-state index contributed by atoms with van der Waals surface area (Å²) in [5.74, 6) is 2.24. The van der Waals surface area contributed by atoms with Crippen LogP contribution in [0.3, 0.4) is 0 Å². The summed E-state index contributed by atoms with van der Waals surface area (Å²) < 4.78 is 7.82. The lowest BCUT2D eigenvalue weighted by atomic mass is 9.99. The SMILES string of the molecule is CC(C)C(C)Oc1ccc(CN2Cc3ccc(-c4ncc(N5CCC(=O)NC5=O)n4C)nc3C2(C)C)nc1. The van der Waals surface area contributed by atoms with Crippen molar-refractivity contribution in [1.29, 1.82) is 0 Å². The van der Waals surface area contributed by atoms with Gasteiger partial charge in [-0.05, 0) is 50.5 Å². The zero-order valence-corrected chi connectivity index (χ0v) is 22.9. The molecular formula is C28H35N7O3. The number of nitrogens with one attached hydrogen (secondary N) is 1. The van der Waals surface area contributed by atoms with Crippen LogP contribution in [0.4, 0.5) is 10.6 Å². The summed E-state index contributed by atoms with van der Waals surface area (Å²) in [4.78, 5) is 42.1. The minimum absolute atomic E-state index is 0.131. The van der Waals surface area contributed by atoms with Crippen LogP contribution >= 0.6 is 0 Å². The number of carbonyl (C=O) groups excluding carboxylic acids is 2. The Labute approximate surface area is 223 Å². The smallest absolute Gasteiger partial charge is 0.329 e. The zero-order chi connectivity index (χ0) is 27.2. The van der Waals surface area contributed by atoms with Crippen LogP contribution in [0.15, 0.2) is 36.7 Å². The monoisotopic (exact) mass is 517 g/mol. The highest BCUT2D eigenvalue weighted by Gasteiger charge is 2.39. The number of rotatable bonds is 7. The van der Waals surface area contributed by atoms with Crippen LogP contribution in [0.25, 0.3) is 11.5 Å². The highest BCUT2D eigenvalue weighted by molar-refractivity contribution is 6.05. The first-order chi connectivity index (χ1) is 18.0. The van der Waals surface area contributed by atoms with E-state index in [1.807, 2.05) is 29.8 Å². The van der Waals surface area contributed by atoms with E-state index in [0.717, 1.165) is 29.4 Å². The minimum atomic E-state index is -0.433. The van der Waals surface area contributed by atoms with Gasteiger partial charge in [-0.15, -0.1) is 0 Å². The maximum Gasteiger partial charge on any atom is 0.329 e. The van der Waals surface area contributed by atoms with Crippen molar-refractivity contribution < 1.29 is 14.3 Å². The number of amides is 3. The number of carbonyl (C=O) groups is 2. The second-order valence-corrected chi connectivity index (χ2v) is 10.9. The molecule has 0 aromatic carbocycles. The number of imidazole rings is 1. The van der Waals surface area contributed by atoms with E-state index in [1.54, 1.807) is 12.4 Å². The van der Waals surface area contributed by atoms with Gasteiger partial charge in [0.15, 0.2) is 5.82 Å². The van der Waals surface area contributed by atoms with E-state index < -0.39 is 6.03 Å². The highest BCUT2D eigenvalue weighted by Crippen LogP contribution is 2.39. The fourth-order valence-corrected chi connectivity index (χ4v) is 4.87. The summed E-state index contributed by atoms with van der Waals surface area (Å²) in [6.45, 7) is 12.5. The zero-order valence-electron chi connectivity index (χ0n) is 22.9. The Kier molecular flexibility index (Phi) is 6.68. The number of hydrogen-bond acceptors (Lipinski definition) is 7. The van der Waals surface area contributed by atoms with Crippen LogP contribution in [-0.2, 0) is 30.5 Å². The largest absolute Gasteiger partial charge is 0.489 e. The molecule has 1 saturated heterocycles. The molecule has 1 unspecified atom stereocenters. The van der Waals surface area contributed by atoms with Crippen molar-refractivity contribution in [2.75, 3.05) is 11.4 Å². The van der Waals surface area contributed by atoms with Crippen LogP contribution in [0.1, 0.15) is 58.0 Å². The van der Waals surface area contributed by atoms with Gasteiger partial charge < -0.3 is 9.30 Å². The number of nitrogens with zero attached hydrogens (tertiary/aromatic N) is 6. The number of imide groups is 1. The third-order valence-electron chi connectivity index (χ3n) is 7.64. The molecule has 5 heterocycles. The van der Waals surface area contributed by atoms with Gasteiger partial charge in [0, 0.05) is 33.1 Å². The molecule has 1 fully saturated rings. The number of ether oxygens (including phenoxy) is 1. The van der Waals surface area contributed by atoms with Crippen molar-refractivity contribution >= 4 is 17.8 Å². The van der Waals surface area contributed by atoms with E-state index in [4.69, 9.17) is 9.72 Å². The van der Waals surface area contributed by atoms with Crippen LogP contribution in [0.5, 0.6) is 5.75 Å². The van der Waals surface area contributed by atoms with E-state index in [2.05, 4.69) is 60.9 Å². The molecule has 0 spiro atoms. The molecule has 10 nitrogen and oxygen atoms in total. The fourth-order valence-electron chi connectivity index (χ4n) is 4.87. The predicted octanol–water partition coefficient (Wildman–Crippen LogP) is 4.00. The molecule has 0 aliphatic carbocycles. The van der Waals surface area contributed by atoms with E-state index in [9.17, 15) is 9.59 Å². The van der Waals surface area contributed by atoms with E-state index in [0.29, 0.717) is 30.6 Å². The molecule has 0 saturated carbocycles. The van der Waals surface area contributed by atoms with Gasteiger partial charge in [-0.25, -0.2) is 14.8 Å². The van der Waals surface area contributed by atoms with Gasteiger partial charge in [0.25, 0.3) is 0 Å². The first kappa shape index (κ1) is 25.8. The average molecular weight is 518 g/mol. The molecule has 3 amide bonds. The molecule has 3 aromatic rings. The number of hydrogen-bond donors (Lipinski definition) is 1. The van der Waals surface area contributed by atoms with Gasteiger partial charge in [-0.3, -0.25) is 24.9 Å². The standard InChI is InChI=1S/C28H35N7O3/c1-17(2)18(3)38-21-9-8-20(29-13-21)16-34-15-19-7-10-22(31-25(19)28(34,4)5)26-30-14-24(33(26)6)35-12-11-23(36)32-27(35)37/h7-10,13-14,17-18H,11-12,15-16H2,1-6H3,(H,32,36,37). The van der Waals surface area contributed by atoms with Gasteiger partial charge in [-0.2, -0.15) is 0 Å². The van der Waals surface area contributed by atoms with Crippen LogP contribution in [0.2, 0.25) is 0 Å². The Bertz CT molecular complexity index is 1360. The Balaban J connectivity index is 1.33. The van der Waals surface area contributed by atoms with E-state index in [-0.39, 0.29) is 24.0 Å². The summed E-state index contributed by atoms with van der Waals surface area (Å²) in [7, 11) is 1.86. The predicted molar refractivity (Wildman–Crippen MR) is 143 cm³/mol. The summed E-state index contributed by atoms with van der Waals surface area (Å²) >= 11 is 0. The number of pyridine rings is 2. The molecule has 1 N–H and O–H groups in total. The second kappa shape index (κ2) is 9.83. The normalized spacial score (nSPS) is 18.0.